The summed E-state index contributed by atoms with van der Waals surface area (Å²) in [5, 5.41) is 3.29. The lowest BCUT2D eigenvalue weighted by atomic mass is 9.91. The summed E-state index contributed by atoms with van der Waals surface area (Å²) in [5.41, 5.74) is 0.153. The van der Waals surface area contributed by atoms with E-state index in [0.717, 1.165) is 26.4 Å². The van der Waals surface area contributed by atoms with Gasteiger partial charge in [0, 0.05) is 5.92 Å². The van der Waals surface area contributed by atoms with Gasteiger partial charge in [-0.05, 0) is 7.05 Å². The lowest BCUT2D eigenvalue weighted by Crippen LogP contribution is -2.49. The Morgan fingerprint density at radius 1 is 1.30 bits per heavy atom. The molecule has 0 aromatic carbocycles. The molecule has 1 N–H and O–H groups in total. The van der Waals surface area contributed by atoms with Crippen LogP contribution in [0.3, 0.4) is 0 Å². The van der Waals surface area contributed by atoms with Crippen LogP contribution in [0.25, 0.3) is 0 Å². The molecule has 0 bridgehead atoms. The van der Waals surface area contributed by atoms with Crippen molar-refractivity contribution in [3.63, 3.8) is 0 Å². The SMILES string of the molecule is CNC12COCC1COC2. The van der Waals surface area contributed by atoms with E-state index in [4.69, 9.17) is 9.47 Å². The van der Waals surface area contributed by atoms with Crippen molar-refractivity contribution in [3.8, 4) is 0 Å². The zero-order valence-corrected chi connectivity index (χ0v) is 6.22. The number of hydrogen-bond donors (Lipinski definition) is 1. The Morgan fingerprint density at radius 2 is 1.90 bits per heavy atom. The van der Waals surface area contributed by atoms with Gasteiger partial charge in [0.1, 0.15) is 0 Å². The summed E-state index contributed by atoms with van der Waals surface area (Å²) >= 11 is 0. The molecule has 10 heavy (non-hydrogen) atoms. The highest BCUT2D eigenvalue weighted by Gasteiger charge is 2.47. The van der Waals surface area contributed by atoms with Crippen molar-refractivity contribution in [2.24, 2.45) is 5.92 Å². The number of likely N-dealkylation sites (N-methyl/N-ethyl adjacent to an activating group) is 1. The molecule has 2 aliphatic heterocycles. The third-order valence-corrected chi connectivity index (χ3v) is 2.64. The average Bonchev–Trinajstić information content (AvgIpc) is 2.42. The van der Waals surface area contributed by atoms with Gasteiger partial charge in [-0.1, -0.05) is 0 Å². The highest BCUT2D eigenvalue weighted by Crippen LogP contribution is 2.30. The quantitative estimate of drug-likeness (QED) is 0.543. The summed E-state index contributed by atoms with van der Waals surface area (Å²) in [5.74, 6) is 0.581. The summed E-state index contributed by atoms with van der Waals surface area (Å²) in [4.78, 5) is 0. The molecule has 0 unspecified atom stereocenters. The van der Waals surface area contributed by atoms with Crippen molar-refractivity contribution in [2.75, 3.05) is 33.5 Å². The third kappa shape index (κ3) is 0.713. The summed E-state index contributed by atoms with van der Waals surface area (Å²) in [6, 6.07) is 0. The minimum Gasteiger partial charge on any atom is -0.379 e. The first-order valence-corrected chi connectivity index (χ1v) is 3.72. The van der Waals surface area contributed by atoms with Crippen LogP contribution in [0.15, 0.2) is 0 Å². The van der Waals surface area contributed by atoms with Crippen molar-refractivity contribution in [1.29, 1.82) is 0 Å². The summed E-state index contributed by atoms with van der Waals surface area (Å²) in [7, 11) is 1.98. The van der Waals surface area contributed by atoms with Crippen LogP contribution in [-0.2, 0) is 9.47 Å². The van der Waals surface area contributed by atoms with E-state index in [-0.39, 0.29) is 5.54 Å². The maximum atomic E-state index is 5.36. The predicted octanol–water partition coefficient (Wildman–Crippen LogP) is -0.379. The van der Waals surface area contributed by atoms with Crippen LogP contribution in [-0.4, -0.2) is 39.0 Å². The van der Waals surface area contributed by atoms with Gasteiger partial charge in [-0.2, -0.15) is 0 Å². The monoisotopic (exact) mass is 143 g/mol. The molecule has 2 saturated heterocycles. The fourth-order valence-electron chi connectivity index (χ4n) is 1.76. The van der Waals surface area contributed by atoms with Crippen LogP contribution in [0.1, 0.15) is 0 Å². The van der Waals surface area contributed by atoms with E-state index in [1.165, 1.54) is 0 Å². The molecule has 3 heteroatoms. The predicted molar refractivity (Wildman–Crippen MR) is 36.9 cm³/mol. The van der Waals surface area contributed by atoms with Gasteiger partial charge in [-0.25, -0.2) is 0 Å². The summed E-state index contributed by atoms with van der Waals surface area (Å²) in [6.07, 6.45) is 0. The molecule has 2 aliphatic rings. The largest absolute Gasteiger partial charge is 0.379 e. The van der Waals surface area contributed by atoms with Crippen molar-refractivity contribution in [2.45, 2.75) is 5.54 Å². The van der Waals surface area contributed by atoms with E-state index < -0.39 is 0 Å². The molecule has 0 aromatic heterocycles. The second-order valence-electron chi connectivity index (χ2n) is 3.13. The summed E-state index contributed by atoms with van der Waals surface area (Å²) in [6.45, 7) is 3.35. The maximum Gasteiger partial charge on any atom is 0.0724 e. The van der Waals surface area contributed by atoms with Crippen LogP contribution in [0.2, 0.25) is 0 Å². The Bertz CT molecular complexity index is 128. The average molecular weight is 143 g/mol. The molecule has 58 valence electrons. The normalized spacial score (nSPS) is 45.9. The lowest BCUT2D eigenvalue weighted by molar-refractivity contribution is 0.0963. The number of rotatable bonds is 1. The van der Waals surface area contributed by atoms with Gasteiger partial charge >= 0.3 is 0 Å². The lowest BCUT2D eigenvalue weighted by Gasteiger charge is -2.23. The van der Waals surface area contributed by atoms with Gasteiger partial charge < -0.3 is 14.8 Å². The van der Waals surface area contributed by atoms with Crippen molar-refractivity contribution in [1.82, 2.24) is 5.32 Å². The Kier molecular flexibility index (Phi) is 1.44. The first-order valence-electron chi connectivity index (χ1n) is 3.72. The maximum absolute atomic E-state index is 5.36. The van der Waals surface area contributed by atoms with E-state index in [2.05, 4.69) is 5.32 Å². The van der Waals surface area contributed by atoms with E-state index in [0.29, 0.717) is 5.92 Å². The first kappa shape index (κ1) is 6.58. The van der Waals surface area contributed by atoms with Gasteiger partial charge in [-0.3, -0.25) is 0 Å². The first-order chi connectivity index (χ1) is 4.87. The molecule has 2 fully saturated rings. The molecule has 0 amide bonds. The van der Waals surface area contributed by atoms with Crippen LogP contribution in [0, 0.1) is 5.92 Å². The van der Waals surface area contributed by atoms with Crippen LogP contribution in [0.4, 0.5) is 0 Å². The minimum atomic E-state index is 0.153. The molecule has 0 saturated carbocycles. The van der Waals surface area contributed by atoms with E-state index in [1.54, 1.807) is 0 Å². The Labute approximate surface area is 60.7 Å². The van der Waals surface area contributed by atoms with Crippen LogP contribution < -0.4 is 5.32 Å². The molecule has 0 atom stereocenters. The molecule has 2 heterocycles. The minimum absolute atomic E-state index is 0.153. The number of ether oxygens (including phenoxy) is 2. The third-order valence-electron chi connectivity index (χ3n) is 2.64. The van der Waals surface area contributed by atoms with E-state index >= 15 is 0 Å². The number of nitrogens with one attached hydrogen (secondary N) is 1. The van der Waals surface area contributed by atoms with Gasteiger partial charge in [0.25, 0.3) is 0 Å². The van der Waals surface area contributed by atoms with Crippen molar-refractivity contribution < 1.29 is 9.47 Å². The standard InChI is InChI=1S/C7H13NO2/c1-8-7-4-9-2-6(7)3-10-5-7/h6,8H,2-5H2,1H3. The fourth-order valence-corrected chi connectivity index (χ4v) is 1.76. The van der Waals surface area contributed by atoms with Gasteiger partial charge in [0.05, 0.1) is 32.0 Å². The fraction of sp³-hybridized carbons (Fsp3) is 1.00. The molecule has 0 radical (unpaired) electrons. The molecule has 2 rings (SSSR count). The molecular weight excluding hydrogens is 130 g/mol. The second-order valence-corrected chi connectivity index (χ2v) is 3.13. The van der Waals surface area contributed by atoms with Crippen LogP contribution in [0.5, 0.6) is 0 Å². The zero-order valence-electron chi connectivity index (χ0n) is 6.22. The molecule has 0 aliphatic carbocycles. The topological polar surface area (TPSA) is 30.5 Å². The zero-order chi connectivity index (χ0) is 7.03. The van der Waals surface area contributed by atoms with Crippen molar-refractivity contribution >= 4 is 0 Å². The van der Waals surface area contributed by atoms with Gasteiger partial charge in [0.2, 0.25) is 0 Å². The Balaban J connectivity index is 2.15. The molecule has 0 spiro atoms. The molecule has 0 aromatic rings. The van der Waals surface area contributed by atoms with E-state index in [1.807, 2.05) is 7.05 Å². The van der Waals surface area contributed by atoms with Gasteiger partial charge in [0.15, 0.2) is 0 Å². The molecular formula is C7H13NO2. The smallest absolute Gasteiger partial charge is 0.0724 e. The Morgan fingerprint density at radius 3 is 2.30 bits per heavy atom. The van der Waals surface area contributed by atoms with E-state index in [9.17, 15) is 0 Å². The number of hydrogen-bond acceptors (Lipinski definition) is 3. The number of fused-ring (bicyclic) bond motifs is 1. The van der Waals surface area contributed by atoms with Crippen molar-refractivity contribution in [3.05, 3.63) is 0 Å². The molecule has 3 nitrogen and oxygen atoms in total. The van der Waals surface area contributed by atoms with Crippen LogP contribution >= 0.6 is 0 Å². The highest BCUT2D eigenvalue weighted by atomic mass is 16.5. The Hall–Kier alpha value is -0.120. The second kappa shape index (κ2) is 2.19. The highest BCUT2D eigenvalue weighted by molar-refractivity contribution is 5.00. The van der Waals surface area contributed by atoms with Gasteiger partial charge in [-0.15, -0.1) is 0 Å². The summed E-state index contributed by atoms with van der Waals surface area (Å²) < 4.78 is 10.7.